The molecule has 0 unspecified atom stereocenters. The van der Waals surface area contributed by atoms with E-state index in [0.717, 1.165) is 0 Å². The van der Waals surface area contributed by atoms with Crippen LogP contribution in [0.1, 0.15) is 31.5 Å². The van der Waals surface area contributed by atoms with Crippen LogP contribution in [-0.4, -0.2) is 25.5 Å². The van der Waals surface area contributed by atoms with Crippen molar-refractivity contribution in [3.63, 3.8) is 0 Å². The lowest BCUT2D eigenvalue weighted by atomic mass is 10.2. The van der Waals surface area contributed by atoms with Crippen molar-refractivity contribution in [1.29, 1.82) is 0 Å². The molecule has 9 heteroatoms. The number of aromatic nitrogens is 4. The number of nitrogens with zero attached hydrogens (tertiary/aromatic N) is 4. The Kier molecular flexibility index (Phi) is 5.35. The first-order chi connectivity index (χ1) is 10.8. The van der Waals surface area contributed by atoms with Crippen LogP contribution in [0, 0.1) is 5.92 Å². The molecule has 0 saturated heterocycles. The van der Waals surface area contributed by atoms with Gasteiger partial charge in [0, 0.05) is 25.4 Å². The number of carbonyl (C=O) groups is 1. The van der Waals surface area contributed by atoms with Gasteiger partial charge in [-0.15, -0.1) is 0 Å². The van der Waals surface area contributed by atoms with Crippen molar-refractivity contribution in [1.82, 2.24) is 19.6 Å². The molecule has 2 rings (SSSR count). The average Bonchev–Trinajstić information content (AvgIpc) is 2.92. The molecule has 2 heterocycles. The molecular formula is C14H18ClF2N5O. The Bertz CT molecular complexity index is 695. The molecule has 0 aliphatic heterocycles. The summed E-state index contributed by atoms with van der Waals surface area (Å²) in [5, 5.41) is 10.5. The molecule has 0 radical (unpaired) electrons. The Morgan fingerprint density at radius 2 is 2.13 bits per heavy atom. The van der Waals surface area contributed by atoms with Gasteiger partial charge < -0.3 is 5.32 Å². The first-order valence-corrected chi connectivity index (χ1v) is 7.47. The van der Waals surface area contributed by atoms with E-state index in [1.165, 1.54) is 15.6 Å². The zero-order valence-electron chi connectivity index (χ0n) is 13.1. The number of hydrogen-bond donors (Lipinski definition) is 1. The first kappa shape index (κ1) is 17.4. The quantitative estimate of drug-likeness (QED) is 0.875. The van der Waals surface area contributed by atoms with Gasteiger partial charge in [0.1, 0.15) is 5.69 Å². The van der Waals surface area contributed by atoms with Crippen LogP contribution in [0.5, 0.6) is 0 Å². The molecule has 0 saturated carbocycles. The Morgan fingerprint density at radius 1 is 1.43 bits per heavy atom. The SMILES string of the molecule is CC(C)Cn1ncc(NC(=O)Cc2cn(C)nc2Cl)c1C(F)F. The van der Waals surface area contributed by atoms with Crippen LogP contribution in [0.25, 0.3) is 0 Å². The van der Waals surface area contributed by atoms with Crippen molar-refractivity contribution in [2.24, 2.45) is 13.0 Å². The van der Waals surface area contributed by atoms with Crippen molar-refractivity contribution < 1.29 is 13.6 Å². The minimum absolute atomic E-state index is 0.0191. The normalized spacial score (nSPS) is 11.5. The Morgan fingerprint density at radius 3 is 2.65 bits per heavy atom. The summed E-state index contributed by atoms with van der Waals surface area (Å²) < 4.78 is 29.2. The third-order valence-corrected chi connectivity index (χ3v) is 3.42. The minimum atomic E-state index is -2.73. The smallest absolute Gasteiger partial charge is 0.282 e. The summed E-state index contributed by atoms with van der Waals surface area (Å²) in [4.78, 5) is 12.1. The second kappa shape index (κ2) is 7.08. The minimum Gasteiger partial charge on any atom is -0.323 e. The Hall–Kier alpha value is -1.96. The summed E-state index contributed by atoms with van der Waals surface area (Å²) in [6.45, 7) is 4.16. The highest BCUT2D eigenvalue weighted by molar-refractivity contribution is 6.30. The summed E-state index contributed by atoms with van der Waals surface area (Å²) in [6.07, 6.45) is 0.0728. The molecule has 1 amide bonds. The van der Waals surface area contributed by atoms with Crippen molar-refractivity contribution >= 4 is 23.2 Å². The third kappa shape index (κ3) is 4.28. The predicted molar refractivity (Wildman–Crippen MR) is 82.6 cm³/mol. The number of carbonyl (C=O) groups excluding carboxylic acids is 1. The molecule has 6 nitrogen and oxygen atoms in total. The first-order valence-electron chi connectivity index (χ1n) is 7.09. The van der Waals surface area contributed by atoms with Crippen LogP contribution in [-0.2, 0) is 24.8 Å². The van der Waals surface area contributed by atoms with Gasteiger partial charge in [0.25, 0.3) is 6.43 Å². The molecule has 2 aromatic heterocycles. The van der Waals surface area contributed by atoms with E-state index < -0.39 is 12.3 Å². The van der Waals surface area contributed by atoms with E-state index >= 15 is 0 Å². The van der Waals surface area contributed by atoms with Crippen LogP contribution >= 0.6 is 11.6 Å². The van der Waals surface area contributed by atoms with E-state index in [0.29, 0.717) is 12.1 Å². The van der Waals surface area contributed by atoms with E-state index in [1.807, 2.05) is 13.8 Å². The van der Waals surface area contributed by atoms with Crippen LogP contribution in [0.3, 0.4) is 0 Å². The van der Waals surface area contributed by atoms with Crippen LogP contribution in [0.2, 0.25) is 5.15 Å². The zero-order valence-corrected chi connectivity index (χ0v) is 13.8. The van der Waals surface area contributed by atoms with E-state index in [2.05, 4.69) is 15.5 Å². The summed E-state index contributed by atoms with van der Waals surface area (Å²) in [5.41, 5.74) is 0.259. The van der Waals surface area contributed by atoms with Gasteiger partial charge in [-0.25, -0.2) is 8.78 Å². The van der Waals surface area contributed by atoms with Crippen LogP contribution in [0.15, 0.2) is 12.4 Å². The molecule has 0 bridgehead atoms. The molecule has 0 aliphatic carbocycles. The summed E-state index contributed by atoms with van der Waals surface area (Å²) in [6, 6.07) is 0. The average molecular weight is 346 g/mol. The second-order valence-corrected chi connectivity index (χ2v) is 6.02. The maximum Gasteiger partial charge on any atom is 0.282 e. The number of rotatable bonds is 6. The Labute approximate surface area is 137 Å². The van der Waals surface area contributed by atoms with Gasteiger partial charge in [0.05, 0.1) is 18.3 Å². The highest BCUT2D eigenvalue weighted by Crippen LogP contribution is 2.28. The molecule has 0 fully saturated rings. The second-order valence-electron chi connectivity index (χ2n) is 5.66. The highest BCUT2D eigenvalue weighted by atomic mass is 35.5. The molecule has 2 aromatic rings. The number of hydrogen-bond acceptors (Lipinski definition) is 3. The van der Waals surface area contributed by atoms with Crippen LogP contribution in [0.4, 0.5) is 14.5 Å². The van der Waals surface area contributed by atoms with Gasteiger partial charge in [0.2, 0.25) is 5.91 Å². The van der Waals surface area contributed by atoms with Crippen molar-refractivity contribution in [3.8, 4) is 0 Å². The summed E-state index contributed by atoms with van der Waals surface area (Å²) in [5.74, 6) is -0.295. The van der Waals surface area contributed by atoms with Gasteiger partial charge in [-0.3, -0.25) is 14.2 Å². The number of halogens is 3. The van der Waals surface area contributed by atoms with Crippen molar-refractivity contribution in [2.75, 3.05) is 5.32 Å². The van der Waals surface area contributed by atoms with E-state index in [9.17, 15) is 13.6 Å². The summed E-state index contributed by atoms with van der Waals surface area (Å²) in [7, 11) is 1.68. The van der Waals surface area contributed by atoms with Crippen LogP contribution < -0.4 is 5.32 Å². The monoisotopic (exact) mass is 345 g/mol. The van der Waals surface area contributed by atoms with Gasteiger partial charge in [-0.1, -0.05) is 25.4 Å². The van der Waals surface area contributed by atoms with E-state index in [-0.39, 0.29) is 28.9 Å². The number of anilines is 1. The topological polar surface area (TPSA) is 64.7 Å². The standard InChI is InChI=1S/C14H18ClF2N5O/c1-8(2)6-22-12(14(16)17)10(5-18-22)19-11(23)4-9-7-21(3)20-13(9)15/h5,7-8,14H,4,6H2,1-3H3,(H,19,23). The maximum absolute atomic E-state index is 13.3. The molecule has 1 N–H and O–H groups in total. The predicted octanol–water partition coefficient (Wildman–Crippen LogP) is 3.04. The fourth-order valence-electron chi connectivity index (χ4n) is 2.21. The van der Waals surface area contributed by atoms with Gasteiger partial charge in [-0.05, 0) is 5.92 Å². The molecule has 0 aliphatic rings. The molecule has 0 spiro atoms. The third-order valence-electron chi connectivity index (χ3n) is 3.10. The molecule has 126 valence electrons. The largest absolute Gasteiger partial charge is 0.323 e. The van der Waals surface area contributed by atoms with Gasteiger partial charge in [0.15, 0.2) is 5.15 Å². The van der Waals surface area contributed by atoms with E-state index in [1.54, 1.807) is 13.2 Å². The number of amides is 1. The van der Waals surface area contributed by atoms with Crippen molar-refractivity contribution in [3.05, 3.63) is 28.8 Å². The molecule has 0 aromatic carbocycles. The molecule has 0 atom stereocenters. The summed E-state index contributed by atoms with van der Waals surface area (Å²) >= 11 is 5.89. The van der Waals surface area contributed by atoms with E-state index in [4.69, 9.17) is 11.6 Å². The maximum atomic E-state index is 13.3. The van der Waals surface area contributed by atoms with Gasteiger partial charge in [-0.2, -0.15) is 10.2 Å². The lowest BCUT2D eigenvalue weighted by Crippen LogP contribution is -2.16. The zero-order chi connectivity index (χ0) is 17.1. The lowest BCUT2D eigenvalue weighted by molar-refractivity contribution is -0.115. The Balaban J connectivity index is 2.14. The van der Waals surface area contributed by atoms with Crippen molar-refractivity contribution in [2.45, 2.75) is 33.2 Å². The number of nitrogens with one attached hydrogen (secondary N) is 1. The molecule has 23 heavy (non-hydrogen) atoms. The fourth-order valence-corrected chi connectivity index (χ4v) is 2.44. The highest BCUT2D eigenvalue weighted by Gasteiger charge is 2.22. The number of alkyl halides is 2. The lowest BCUT2D eigenvalue weighted by Gasteiger charge is -2.11. The van der Waals surface area contributed by atoms with Gasteiger partial charge >= 0.3 is 0 Å². The molecular weight excluding hydrogens is 328 g/mol. The number of aryl methyl sites for hydroxylation is 1. The fraction of sp³-hybridized carbons (Fsp3) is 0.500.